The summed E-state index contributed by atoms with van der Waals surface area (Å²) in [6, 6.07) is 5.44. The molecular weight excluding hydrogens is 204 g/mol. The number of benzene rings is 1. The van der Waals surface area contributed by atoms with E-state index in [1.54, 1.807) is 20.1 Å². The summed E-state index contributed by atoms with van der Waals surface area (Å²) in [5, 5.41) is 9.18. The van der Waals surface area contributed by atoms with Crippen LogP contribution in [0.25, 0.3) is 0 Å². The summed E-state index contributed by atoms with van der Waals surface area (Å²) < 4.78 is 10.7. The molecule has 86 valence electrons. The van der Waals surface area contributed by atoms with Gasteiger partial charge in [-0.2, -0.15) is 0 Å². The highest BCUT2D eigenvalue weighted by Gasteiger charge is 2.08. The van der Waals surface area contributed by atoms with Crippen molar-refractivity contribution in [3.8, 4) is 23.3 Å². The van der Waals surface area contributed by atoms with Crippen LogP contribution >= 0.6 is 0 Å². The largest absolute Gasteiger partial charge is 0.493 e. The van der Waals surface area contributed by atoms with Crippen molar-refractivity contribution in [2.24, 2.45) is 0 Å². The van der Waals surface area contributed by atoms with Gasteiger partial charge in [-0.3, -0.25) is 0 Å². The van der Waals surface area contributed by atoms with Crippen LogP contribution in [0.2, 0.25) is 0 Å². The summed E-state index contributed by atoms with van der Waals surface area (Å²) in [4.78, 5) is 0. The minimum absolute atomic E-state index is 0.0635. The van der Waals surface area contributed by atoms with E-state index in [0.29, 0.717) is 24.5 Å². The Labute approximate surface area is 96.0 Å². The lowest BCUT2D eigenvalue weighted by Gasteiger charge is -2.12. The SMILES string of the molecule is CC#CCCOc1c(CO)cccc1OC. The van der Waals surface area contributed by atoms with E-state index in [1.165, 1.54) is 0 Å². The fourth-order valence-corrected chi connectivity index (χ4v) is 1.34. The molecule has 0 heterocycles. The Hall–Kier alpha value is -1.66. The van der Waals surface area contributed by atoms with Gasteiger partial charge in [0, 0.05) is 12.0 Å². The first-order chi connectivity index (χ1) is 7.83. The van der Waals surface area contributed by atoms with Crippen LogP contribution in [0.15, 0.2) is 18.2 Å². The van der Waals surface area contributed by atoms with Crippen LogP contribution in [0, 0.1) is 11.8 Å². The third-order valence-corrected chi connectivity index (χ3v) is 2.10. The molecule has 16 heavy (non-hydrogen) atoms. The number of ether oxygens (including phenoxy) is 2. The maximum absolute atomic E-state index is 9.18. The summed E-state index contributed by atoms with van der Waals surface area (Å²) in [6.07, 6.45) is 0.666. The van der Waals surface area contributed by atoms with Gasteiger partial charge >= 0.3 is 0 Å². The molecular formula is C13H16O3. The van der Waals surface area contributed by atoms with Crippen LogP contribution < -0.4 is 9.47 Å². The first-order valence-electron chi connectivity index (χ1n) is 5.12. The summed E-state index contributed by atoms with van der Waals surface area (Å²) >= 11 is 0. The number of aliphatic hydroxyl groups is 1. The smallest absolute Gasteiger partial charge is 0.166 e. The molecule has 0 aromatic heterocycles. The van der Waals surface area contributed by atoms with E-state index in [4.69, 9.17) is 9.47 Å². The maximum atomic E-state index is 9.18. The fraction of sp³-hybridized carbons (Fsp3) is 0.385. The Bertz CT molecular complexity index is 366. The van der Waals surface area contributed by atoms with E-state index in [-0.39, 0.29) is 6.61 Å². The van der Waals surface area contributed by atoms with Crippen molar-refractivity contribution in [1.82, 2.24) is 0 Å². The highest BCUT2D eigenvalue weighted by atomic mass is 16.5. The van der Waals surface area contributed by atoms with Crippen LogP contribution in [0.1, 0.15) is 18.9 Å². The van der Waals surface area contributed by atoms with Gasteiger partial charge in [0.25, 0.3) is 0 Å². The van der Waals surface area contributed by atoms with E-state index in [2.05, 4.69) is 11.8 Å². The molecule has 0 atom stereocenters. The van der Waals surface area contributed by atoms with Crippen molar-refractivity contribution in [1.29, 1.82) is 0 Å². The molecule has 0 spiro atoms. The van der Waals surface area contributed by atoms with E-state index in [0.717, 1.165) is 5.56 Å². The van der Waals surface area contributed by atoms with Crippen molar-refractivity contribution >= 4 is 0 Å². The monoisotopic (exact) mass is 220 g/mol. The molecule has 0 unspecified atom stereocenters. The van der Waals surface area contributed by atoms with E-state index in [9.17, 15) is 5.11 Å². The Kier molecular flexibility index (Phi) is 5.24. The average molecular weight is 220 g/mol. The van der Waals surface area contributed by atoms with E-state index in [1.807, 2.05) is 12.1 Å². The molecule has 1 aromatic carbocycles. The van der Waals surface area contributed by atoms with Gasteiger partial charge in [0.05, 0.1) is 20.3 Å². The molecule has 0 fully saturated rings. The van der Waals surface area contributed by atoms with Crippen LogP contribution in [-0.2, 0) is 6.61 Å². The lowest BCUT2D eigenvalue weighted by atomic mass is 10.2. The summed E-state index contributed by atoms with van der Waals surface area (Å²) in [7, 11) is 1.58. The topological polar surface area (TPSA) is 38.7 Å². The first-order valence-corrected chi connectivity index (χ1v) is 5.12. The normalized spacial score (nSPS) is 9.19. The second-order valence-electron chi connectivity index (χ2n) is 3.13. The zero-order valence-electron chi connectivity index (χ0n) is 9.62. The van der Waals surface area contributed by atoms with Gasteiger partial charge in [-0.1, -0.05) is 12.1 Å². The number of hydrogen-bond acceptors (Lipinski definition) is 3. The van der Waals surface area contributed by atoms with Gasteiger partial charge in [0.15, 0.2) is 11.5 Å². The van der Waals surface area contributed by atoms with Crippen molar-refractivity contribution in [3.05, 3.63) is 23.8 Å². The highest BCUT2D eigenvalue weighted by Crippen LogP contribution is 2.31. The van der Waals surface area contributed by atoms with Crippen LogP contribution in [0.5, 0.6) is 11.5 Å². The van der Waals surface area contributed by atoms with Crippen molar-refractivity contribution in [2.75, 3.05) is 13.7 Å². The van der Waals surface area contributed by atoms with Crippen molar-refractivity contribution in [2.45, 2.75) is 20.0 Å². The lowest BCUT2D eigenvalue weighted by molar-refractivity contribution is 0.257. The molecule has 3 heteroatoms. The lowest BCUT2D eigenvalue weighted by Crippen LogP contribution is -2.01. The van der Waals surface area contributed by atoms with Gasteiger partial charge in [-0.25, -0.2) is 0 Å². The first kappa shape index (κ1) is 12.4. The number of methoxy groups -OCH3 is 1. The Morgan fingerprint density at radius 1 is 1.38 bits per heavy atom. The molecule has 0 aliphatic heterocycles. The van der Waals surface area contributed by atoms with Crippen LogP contribution in [0.4, 0.5) is 0 Å². The van der Waals surface area contributed by atoms with Crippen LogP contribution in [0.3, 0.4) is 0 Å². The molecule has 0 bridgehead atoms. The summed E-state index contributed by atoms with van der Waals surface area (Å²) in [6.45, 7) is 2.22. The Morgan fingerprint density at radius 3 is 2.81 bits per heavy atom. The van der Waals surface area contributed by atoms with Crippen molar-refractivity contribution in [3.63, 3.8) is 0 Å². The molecule has 0 aliphatic carbocycles. The third-order valence-electron chi connectivity index (χ3n) is 2.10. The second kappa shape index (κ2) is 6.76. The standard InChI is InChI=1S/C13H16O3/c1-3-4-5-9-16-13-11(10-14)7-6-8-12(13)15-2/h6-8,14H,5,9-10H2,1-2H3. The Morgan fingerprint density at radius 2 is 2.19 bits per heavy atom. The van der Waals surface area contributed by atoms with Gasteiger partial charge in [-0.05, 0) is 13.0 Å². The fourth-order valence-electron chi connectivity index (χ4n) is 1.34. The molecule has 0 saturated carbocycles. The maximum Gasteiger partial charge on any atom is 0.166 e. The molecule has 3 nitrogen and oxygen atoms in total. The quantitative estimate of drug-likeness (QED) is 0.609. The molecule has 0 radical (unpaired) electrons. The Balaban J connectivity index is 2.77. The highest BCUT2D eigenvalue weighted by molar-refractivity contribution is 5.46. The average Bonchev–Trinajstić information content (AvgIpc) is 2.34. The number of rotatable bonds is 5. The molecule has 0 amide bonds. The predicted molar refractivity (Wildman–Crippen MR) is 62.5 cm³/mol. The number of aliphatic hydroxyl groups excluding tert-OH is 1. The number of hydrogen-bond donors (Lipinski definition) is 1. The molecule has 1 aromatic rings. The zero-order valence-corrected chi connectivity index (χ0v) is 9.62. The van der Waals surface area contributed by atoms with Gasteiger partial charge in [0.1, 0.15) is 0 Å². The molecule has 1 rings (SSSR count). The second-order valence-corrected chi connectivity index (χ2v) is 3.13. The van der Waals surface area contributed by atoms with Gasteiger partial charge < -0.3 is 14.6 Å². The van der Waals surface area contributed by atoms with Gasteiger partial charge in [0.2, 0.25) is 0 Å². The molecule has 1 N–H and O–H groups in total. The minimum Gasteiger partial charge on any atom is -0.493 e. The summed E-state index contributed by atoms with van der Waals surface area (Å²) in [5.41, 5.74) is 0.726. The molecule has 0 saturated heterocycles. The van der Waals surface area contributed by atoms with Gasteiger partial charge in [-0.15, -0.1) is 11.8 Å². The number of para-hydroxylation sites is 1. The van der Waals surface area contributed by atoms with E-state index < -0.39 is 0 Å². The third kappa shape index (κ3) is 3.18. The van der Waals surface area contributed by atoms with Crippen molar-refractivity contribution < 1.29 is 14.6 Å². The predicted octanol–water partition coefficient (Wildman–Crippen LogP) is 1.98. The minimum atomic E-state index is -0.0635. The van der Waals surface area contributed by atoms with E-state index >= 15 is 0 Å². The van der Waals surface area contributed by atoms with Crippen LogP contribution in [-0.4, -0.2) is 18.8 Å². The summed E-state index contributed by atoms with van der Waals surface area (Å²) in [5.74, 6) is 6.95. The zero-order chi connectivity index (χ0) is 11.8. The molecule has 0 aliphatic rings.